The third-order valence-electron chi connectivity index (χ3n) is 2.83. The molecule has 0 bridgehead atoms. The number of aryl methyl sites for hydroxylation is 1. The highest BCUT2D eigenvalue weighted by atomic mass is 35.5. The van der Waals surface area contributed by atoms with E-state index in [1.165, 1.54) is 24.3 Å². The molecule has 21 heavy (non-hydrogen) atoms. The van der Waals surface area contributed by atoms with Crippen LogP contribution in [-0.2, 0) is 0 Å². The van der Waals surface area contributed by atoms with Gasteiger partial charge in [-0.3, -0.25) is 14.9 Å². The van der Waals surface area contributed by atoms with E-state index in [0.29, 0.717) is 5.56 Å². The number of rotatable bonds is 3. The molecule has 2 aromatic rings. The quantitative estimate of drug-likeness (QED) is 0.689. The summed E-state index contributed by atoms with van der Waals surface area (Å²) in [7, 11) is 0. The summed E-state index contributed by atoms with van der Waals surface area (Å²) in [6.07, 6.45) is 0. The molecule has 0 saturated heterocycles. The Kier molecular flexibility index (Phi) is 4.18. The number of nitro benzene ring substituents is 1. The summed E-state index contributed by atoms with van der Waals surface area (Å²) in [4.78, 5) is 22.3. The fraction of sp³-hybridized carbons (Fsp3) is 0.0714. The maximum atomic E-state index is 13.4. The van der Waals surface area contributed by atoms with Crippen LogP contribution in [0.4, 0.5) is 15.8 Å². The van der Waals surface area contributed by atoms with Gasteiger partial charge in [-0.2, -0.15) is 0 Å². The number of carbonyl (C=O) groups excluding carboxylic acids is 1. The van der Waals surface area contributed by atoms with E-state index in [-0.39, 0.29) is 22.0 Å². The minimum absolute atomic E-state index is 0.187. The van der Waals surface area contributed by atoms with Crippen molar-refractivity contribution >= 4 is 28.9 Å². The van der Waals surface area contributed by atoms with Gasteiger partial charge >= 0.3 is 0 Å². The van der Waals surface area contributed by atoms with Crippen LogP contribution in [0.2, 0.25) is 5.02 Å². The van der Waals surface area contributed by atoms with E-state index in [2.05, 4.69) is 5.32 Å². The van der Waals surface area contributed by atoms with Crippen LogP contribution in [0.1, 0.15) is 15.9 Å². The van der Waals surface area contributed by atoms with Gasteiger partial charge in [-0.1, -0.05) is 17.7 Å². The molecule has 0 aliphatic heterocycles. The largest absolute Gasteiger partial charge is 0.322 e. The highest BCUT2D eigenvalue weighted by Gasteiger charge is 2.20. The topological polar surface area (TPSA) is 72.2 Å². The highest BCUT2D eigenvalue weighted by Crippen LogP contribution is 2.24. The molecule has 0 aromatic heterocycles. The molecule has 0 unspecified atom stereocenters. The molecule has 0 aliphatic carbocycles. The average Bonchev–Trinajstić information content (AvgIpc) is 2.42. The standard InChI is InChI=1S/C14H10ClFN2O3/c1-8-2-4-10(7-12(8)16)17-14(19)11-6-9(15)3-5-13(11)18(20)21/h2-7H,1H3,(H,17,19). The Morgan fingerprint density at radius 1 is 1.29 bits per heavy atom. The van der Waals surface area contributed by atoms with Crippen LogP contribution in [0.5, 0.6) is 0 Å². The molecule has 0 aliphatic rings. The van der Waals surface area contributed by atoms with Crippen molar-refractivity contribution in [1.29, 1.82) is 0 Å². The van der Waals surface area contributed by atoms with Gasteiger partial charge in [0.05, 0.1) is 4.92 Å². The molecule has 0 spiro atoms. The molecule has 2 rings (SSSR count). The molecular formula is C14H10ClFN2O3. The summed E-state index contributed by atoms with van der Waals surface area (Å²) >= 11 is 5.75. The molecule has 0 fully saturated rings. The molecule has 7 heteroatoms. The molecule has 1 N–H and O–H groups in total. The lowest BCUT2D eigenvalue weighted by Crippen LogP contribution is -2.14. The molecule has 0 atom stereocenters. The van der Waals surface area contributed by atoms with E-state index in [4.69, 9.17) is 11.6 Å². The normalized spacial score (nSPS) is 10.2. The molecular weight excluding hydrogens is 299 g/mol. The van der Waals surface area contributed by atoms with Crippen molar-refractivity contribution in [3.05, 3.63) is 68.5 Å². The number of nitrogens with zero attached hydrogens (tertiary/aromatic N) is 1. The number of nitro groups is 1. The lowest BCUT2D eigenvalue weighted by Gasteiger charge is -2.07. The van der Waals surface area contributed by atoms with Crippen LogP contribution in [0.3, 0.4) is 0 Å². The van der Waals surface area contributed by atoms with Gasteiger partial charge in [-0.25, -0.2) is 4.39 Å². The van der Waals surface area contributed by atoms with E-state index < -0.39 is 16.6 Å². The second-order valence-corrected chi connectivity index (χ2v) is 4.77. The first-order chi connectivity index (χ1) is 9.88. The molecule has 1 amide bonds. The van der Waals surface area contributed by atoms with Crippen molar-refractivity contribution in [3.8, 4) is 0 Å². The number of hydrogen-bond donors (Lipinski definition) is 1. The predicted molar refractivity (Wildman–Crippen MR) is 77.2 cm³/mol. The van der Waals surface area contributed by atoms with Crippen molar-refractivity contribution in [3.63, 3.8) is 0 Å². The SMILES string of the molecule is Cc1ccc(NC(=O)c2cc(Cl)ccc2[N+](=O)[O-])cc1F. The first-order valence-corrected chi connectivity index (χ1v) is 6.27. The van der Waals surface area contributed by atoms with Gasteiger partial charge in [0.15, 0.2) is 0 Å². The number of amides is 1. The van der Waals surface area contributed by atoms with Gasteiger partial charge in [0.1, 0.15) is 11.4 Å². The molecule has 2 aromatic carbocycles. The minimum Gasteiger partial charge on any atom is -0.322 e. The Bertz CT molecular complexity index is 734. The Hall–Kier alpha value is -2.47. The molecule has 0 saturated carbocycles. The molecule has 0 radical (unpaired) electrons. The highest BCUT2D eigenvalue weighted by molar-refractivity contribution is 6.31. The number of halogens is 2. The number of anilines is 1. The summed E-state index contributed by atoms with van der Waals surface area (Å²) < 4.78 is 13.4. The maximum absolute atomic E-state index is 13.4. The van der Waals surface area contributed by atoms with E-state index in [1.807, 2.05) is 0 Å². The number of carbonyl (C=O) groups is 1. The van der Waals surface area contributed by atoms with Crippen LogP contribution in [0.25, 0.3) is 0 Å². The third-order valence-corrected chi connectivity index (χ3v) is 3.06. The van der Waals surface area contributed by atoms with Crippen LogP contribution in [0, 0.1) is 22.9 Å². The van der Waals surface area contributed by atoms with Crippen LogP contribution in [0.15, 0.2) is 36.4 Å². The first kappa shape index (κ1) is 14.9. The van der Waals surface area contributed by atoms with Gasteiger partial charge in [0.25, 0.3) is 11.6 Å². The summed E-state index contributed by atoms with van der Waals surface area (Å²) in [6, 6.07) is 7.81. The molecule has 0 heterocycles. The maximum Gasteiger partial charge on any atom is 0.282 e. The summed E-state index contributed by atoms with van der Waals surface area (Å²) in [6.45, 7) is 1.59. The second kappa shape index (κ2) is 5.88. The van der Waals surface area contributed by atoms with E-state index in [0.717, 1.165) is 12.1 Å². The minimum atomic E-state index is -0.729. The van der Waals surface area contributed by atoms with Crippen LogP contribution < -0.4 is 5.32 Å². The van der Waals surface area contributed by atoms with Crippen LogP contribution >= 0.6 is 11.6 Å². The average molecular weight is 309 g/mol. The van der Waals surface area contributed by atoms with Gasteiger partial charge in [-0.15, -0.1) is 0 Å². The third kappa shape index (κ3) is 3.35. The summed E-state index contributed by atoms with van der Waals surface area (Å²) in [5, 5.41) is 13.5. The van der Waals surface area contributed by atoms with Crippen molar-refractivity contribution < 1.29 is 14.1 Å². The second-order valence-electron chi connectivity index (χ2n) is 4.34. The summed E-state index contributed by atoms with van der Waals surface area (Å²) in [5.74, 6) is -1.21. The van der Waals surface area contributed by atoms with Gasteiger partial charge < -0.3 is 5.32 Å². The lowest BCUT2D eigenvalue weighted by atomic mass is 10.1. The van der Waals surface area contributed by atoms with E-state index in [9.17, 15) is 19.3 Å². The van der Waals surface area contributed by atoms with Crippen molar-refractivity contribution in [2.45, 2.75) is 6.92 Å². The fourth-order valence-corrected chi connectivity index (χ4v) is 1.89. The van der Waals surface area contributed by atoms with Gasteiger partial charge in [-0.05, 0) is 36.8 Å². The zero-order valence-corrected chi connectivity index (χ0v) is 11.6. The molecule has 108 valence electrons. The van der Waals surface area contributed by atoms with Crippen molar-refractivity contribution in [2.75, 3.05) is 5.32 Å². The zero-order chi connectivity index (χ0) is 15.6. The van der Waals surface area contributed by atoms with Crippen molar-refractivity contribution in [2.24, 2.45) is 0 Å². The smallest absolute Gasteiger partial charge is 0.282 e. The Balaban J connectivity index is 2.34. The number of benzene rings is 2. The van der Waals surface area contributed by atoms with Crippen molar-refractivity contribution in [1.82, 2.24) is 0 Å². The Morgan fingerprint density at radius 3 is 2.62 bits per heavy atom. The summed E-state index contributed by atoms with van der Waals surface area (Å²) in [5.41, 5.74) is 0.0806. The van der Waals surface area contributed by atoms with Crippen LogP contribution in [-0.4, -0.2) is 10.8 Å². The van der Waals surface area contributed by atoms with Gasteiger partial charge in [0.2, 0.25) is 0 Å². The van der Waals surface area contributed by atoms with E-state index in [1.54, 1.807) is 6.92 Å². The van der Waals surface area contributed by atoms with Gasteiger partial charge in [0, 0.05) is 16.8 Å². The lowest BCUT2D eigenvalue weighted by molar-refractivity contribution is -0.385. The predicted octanol–water partition coefficient (Wildman–Crippen LogP) is 3.95. The first-order valence-electron chi connectivity index (χ1n) is 5.90. The monoisotopic (exact) mass is 308 g/mol. The zero-order valence-electron chi connectivity index (χ0n) is 10.9. The fourth-order valence-electron chi connectivity index (χ4n) is 1.72. The number of nitrogens with one attached hydrogen (secondary N) is 1. The molecule has 5 nitrogen and oxygen atoms in total. The number of hydrogen-bond acceptors (Lipinski definition) is 3. The van der Waals surface area contributed by atoms with E-state index >= 15 is 0 Å². The Labute approximate surface area is 124 Å². The Morgan fingerprint density at radius 2 is 2.00 bits per heavy atom.